The monoisotopic (exact) mass is 490 g/mol. The molecular formula is C21H19BrN2O5S. The highest BCUT2D eigenvalue weighted by Gasteiger charge is 2.36. The molecule has 30 heavy (non-hydrogen) atoms. The number of nitrogens with zero attached hydrogens (tertiary/aromatic N) is 1. The molecule has 0 unspecified atom stereocenters. The number of hydrogen-bond donors (Lipinski definition) is 1. The van der Waals surface area contributed by atoms with Crippen LogP contribution in [-0.2, 0) is 9.59 Å². The topological polar surface area (TPSA) is 84.9 Å². The summed E-state index contributed by atoms with van der Waals surface area (Å²) >= 11 is 4.21. The quantitative estimate of drug-likeness (QED) is 0.602. The van der Waals surface area contributed by atoms with E-state index in [0.29, 0.717) is 27.2 Å². The highest BCUT2D eigenvalue weighted by atomic mass is 79.9. The summed E-state index contributed by atoms with van der Waals surface area (Å²) in [4.78, 5) is 38.5. The van der Waals surface area contributed by atoms with Gasteiger partial charge < -0.3 is 14.8 Å². The van der Waals surface area contributed by atoms with Crippen molar-refractivity contribution in [2.45, 2.75) is 6.92 Å². The molecule has 1 N–H and O–H groups in total. The first-order valence-corrected chi connectivity index (χ1v) is 10.5. The maximum absolute atomic E-state index is 12.7. The second kappa shape index (κ2) is 9.36. The molecule has 2 aromatic carbocycles. The van der Waals surface area contributed by atoms with Crippen molar-refractivity contribution >= 4 is 56.5 Å². The van der Waals surface area contributed by atoms with Crippen LogP contribution in [0, 0.1) is 6.92 Å². The first kappa shape index (κ1) is 21.9. The molecule has 0 aliphatic carbocycles. The van der Waals surface area contributed by atoms with Crippen LogP contribution in [0.3, 0.4) is 0 Å². The van der Waals surface area contributed by atoms with E-state index in [-0.39, 0.29) is 11.4 Å². The smallest absolute Gasteiger partial charge is 0.294 e. The van der Waals surface area contributed by atoms with Gasteiger partial charge in [-0.15, -0.1) is 0 Å². The van der Waals surface area contributed by atoms with Crippen LogP contribution in [0.5, 0.6) is 11.5 Å². The second-order valence-electron chi connectivity index (χ2n) is 6.41. The molecule has 1 aliphatic heterocycles. The van der Waals surface area contributed by atoms with Gasteiger partial charge in [-0.2, -0.15) is 0 Å². The zero-order valence-corrected chi connectivity index (χ0v) is 18.9. The standard InChI is InChI=1S/C21H19BrN2O5S/c1-12-4-6-14(7-5-12)23-19(25)11-24-20(26)18(30-21(24)27)9-13-8-16(28-2)17(29-3)10-15(13)22/h4-10H,11H2,1-3H3,(H,23,25). The minimum atomic E-state index is -0.522. The molecule has 1 fully saturated rings. The Balaban J connectivity index is 1.76. The Morgan fingerprint density at radius 2 is 1.77 bits per heavy atom. The summed E-state index contributed by atoms with van der Waals surface area (Å²) in [6, 6.07) is 10.6. The van der Waals surface area contributed by atoms with Gasteiger partial charge in [-0.05, 0) is 54.6 Å². The molecule has 0 spiro atoms. The van der Waals surface area contributed by atoms with Gasteiger partial charge in [0.15, 0.2) is 11.5 Å². The van der Waals surface area contributed by atoms with E-state index in [2.05, 4.69) is 21.2 Å². The number of halogens is 1. The number of aryl methyl sites for hydroxylation is 1. The molecule has 3 rings (SSSR count). The van der Waals surface area contributed by atoms with Crippen LogP contribution in [0.4, 0.5) is 10.5 Å². The number of hydrogen-bond acceptors (Lipinski definition) is 6. The predicted molar refractivity (Wildman–Crippen MR) is 120 cm³/mol. The number of anilines is 1. The number of ether oxygens (including phenoxy) is 2. The SMILES string of the molecule is COc1cc(Br)c(C=C2SC(=O)N(CC(=O)Nc3ccc(C)cc3)C2=O)cc1OC. The van der Waals surface area contributed by atoms with Gasteiger partial charge in [0.2, 0.25) is 5.91 Å². The molecule has 9 heteroatoms. The molecule has 156 valence electrons. The number of methoxy groups -OCH3 is 2. The summed E-state index contributed by atoms with van der Waals surface area (Å²) in [5.74, 6) is 0.0477. The van der Waals surface area contributed by atoms with E-state index < -0.39 is 17.1 Å². The van der Waals surface area contributed by atoms with E-state index in [1.165, 1.54) is 14.2 Å². The third kappa shape index (κ3) is 4.85. The Morgan fingerprint density at radius 1 is 1.13 bits per heavy atom. The number of carbonyl (C=O) groups is 3. The number of nitrogens with one attached hydrogen (secondary N) is 1. The molecule has 1 saturated heterocycles. The number of benzene rings is 2. The Morgan fingerprint density at radius 3 is 2.40 bits per heavy atom. The minimum absolute atomic E-state index is 0.219. The predicted octanol–water partition coefficient (Wildman–Crippen LogP) is 4.45. The van der Waals surface area contributed by atoms with Crippen molar-refractivity contribution in [1.29, 1.82) is 0 Å². The fourth-order valence-corrected chi connectivity index (χ4v) is 4.01. The molecule has 0 atom stereocenters. The highest BCUT2D eigenvalue weighted by Crippen LogP contribution is 2.37. The molecule has 0 saturated carbocycles. The molecule has 7 nitrogen and oxygen atoms in total. The summed E-state index contributed by atoms with van der Waals surface area (Å²) in [5.41, 5.74) is 2.30. The van der Waals surface area contributed by atoms with E-state index in [1.54, 1.807) is 30.3 Å². The minimum Gasteiger partial charge on any atom is -0.493 e. The third-order valence-electron chi connectivity index (χ3n) is 4.30. The number of rotatable bonds is 6. The van der Waals surface area contributed by atoms with E-state index in [0.717, 1.165) is 22.2 Å². The van der Waals surface area contributed by atoms with E-state index >= 15 is 0 Å². The molecule has 0 aromatic heterocycles. The largest absolute Gasteiger partial charge is 0.493 e. The number of thioether (sulfide) groups is 1. The second-order valence-corrected chi connectivity index (χ2v) is 8.26. The van der Waals surface area contributed by atoms with Crippen molar-refractivity contribution in [1.82, 2.24) is 4.90 Å². The van der Waals surface area contributed by atoms with Crippen LogP contribution in [0.1, 0.15) is 11.1 Å². The normalized spacial score (nSPS) is 14.9. The molecule has 2 aromatic rings. The van der Waals surface area contributed by atoms with E-state index in [4.69, 9.17) is 9.47 Å². The summed E-state index contributed by atoms with van der Waals surface area (Å²) < 4.78 is 11.2. The van der Waals surface area contributed by atoms with Crippen LogP contribution in [0.25, 0.3) is 6.08 Å². The summed E-state index contributed by atoms with van der Waals surface area (Å²) in [6.07, 6.45) is 1.58. The Labute approximate surface area is 186 Å². The lowest BCUT2D eigenvalue weighted by atomic mass is 10.2. The summed E-state index contributed by atoms with van der Waals surface area (Å²) in [5, 5.41) is 2.19. The molecule has 1 heterocycles. The molecule has 0 radical (unpaired) electrons. The average molecular weight is 491 g/mol. The summed E-state index contributed by atoms with van der Waals surface area (Å²) in [6.45, 7) is 1.58. The van der Waals surface area contributed by atoms with Gasteiger partial charge in [0.05, 0.1) is 19.1 Å². The Bertz CT molecular complexity index is 1040. The van der Waals surface area contributed by atoms with Gasteiger partial charge in [-0.3, -0.25) is 19.3 Å². The van der Waals surface area contributed by atoms with Crippen LogP contribution in [0.15, 0.2) is 45.8 Å². The van der Waals surface area contributed by atoms with Crippen LogP contribution in [-0.4, -0.2) is 42.7 Å². The lowest BCUT2D eigenvalue weighted by Crippen LogP contribution is -2.36. The fraction of sp³-hybridized carbons (Fsp3) is 0.190. The summed E-state index contributed by atoms with van der Waals surface area (Å²) in [7, 11) is 3.03. The maximum Gasteiger partial charge on any atom is 0.294 e. The van der Waals surface area contributed by atoms with Gasteiger partial charge >= 0.3 is 0 Å². The zero-order chi connectivity index (χ0) is 21.8. The van der Waals surface area contributed by atoms with Crippen molar-refractivity contribution in [3.8, 4) is 11.5 Å². The van der Waals surface area contributed by atoms with Gasteiger partial charge in [0.1, 0.15) is 6.54 Å². The zero-order valence-electron chi connectivity index (χ0n) is 16.5. The van der Waals surface area contributed by atoms with Gasteiger partial charge in [0, 0.05) is 10.2 Å². The lowest BCUT2D eigenvalue weighted by Gasteiger charge is -2.12. The Hall–Kier alpha value is -2.78. The number of imide groups is 1. The molecule has 1 aliphatic rings. The van der Waals surface area contributed by atoms with Crippen molar-refractivity contribution in [2.75, 3.05) is 26.1 Å². The van der Waals surface area contributed by atoms with Gasteiger partial charge in [0.25, 0.3) is 11.1 Å². The number of carbonyl (C=O) groups excluding carboxylic acids is 3. The first-order chi connectivity index (χ1) is 14.3. The van der Waals surface area contributed by atoms with Crippen molar-refractivity contribution in [3.05, 3.63) is 56.9 Å². The maximum atomic E-state index is 12.7. The third-order valence-corrected chi connectivity index (χ3v) is 5.89. The van der Waals surface area contributed by atoms with E-state index in [1.807, 2.05) is 19.1 Å². The average Bonchev–Trinajstić information content (AvgIpc) is 2.98. The van der Waals surface area contributed by atoms with Crippen LogP contribution >= 0.6 is 27.7 Å². The lowest BCUT2D eigenvalue weighted by molar-refractivity contribution is -0.127. The van der Waals surface area contributed by atoms with Gasteiger partial charge in [-0.25, -0.2) is 0 Å². The van der Waals surface area contributed by atoms with Crippen LogP contribution in [0.2, 0.25) is 0 Å². The van der Waals surface area contributed by atoms with E-state index in [9.17, 15) is 14.4 Å². The highest BCUT2D eigenvalue weighted by molar-refractivity contribution is 9.10. The number of amides is 3. The molecule has 0 bridgehead atoms. The Kier molecular flexibility index (Phi) is 6.84. The first-order valence-electron chi connectivity index (χ1n) is 8.85. The molecule has 3 amide bonds. The molecular weight excluding hydrogens is 472 g/mol. The van der Waals surface area contributed by atoms with Crippen molar-refractivity contribution in [3.63, 3.8) is 0 Å². The van der Waals surface area contributed by atoms with Crippen molar-refractivity contribution in [2.24, 2.45) is 0 Å². The van der Waals surface area contributed by atoms with Crippen molar-refractivity contribution < 1.29 is 23.9 Å². The fourth-order valence-electron chi connectivity index (χ4n) is 2.74. The van der Waals surface area contributed by atoms with Crippen LogP contribution < -0.4 is 14.8 Å². The van der Waals surface area contributed by atoms with Gasteiger partial charge in [-0.1, -0.05) is 33.6 Å².